The van der Waals surface area contributed by atoms with E-state index >= 15 is 0 Å². The molecule has 0 heterocycles. The van der Waals surface area contributed by atoms with Crippen molar-refractivity contribution >= 4 is 5.97 Å². The highest BCUT2D eigenvalue weighted by molar-refractivity contribution is 5.69. The van der Waals surface area contributed by atoms with Crippen LogP contribution in [0.25, 0.3) is 0 Å². The molecule has 6 N–H and O–H groups in total. The standard InChI is InChI=1S/C23H44N6O4/c1-31-20-28-16-14-26-12-10-24-8-9-25-11-13-27-15-17-29-21-32-18-7-23(30)33-19-22-5-3-2-4-6-22/h2-6,24-29H,7-21H2,1H3. The van der Waals surface area contributed by atoms with Gasteiger partial charge in [-0.2, -0.15) is 0 Å². The molecule has 0 aromatic heterocycles. The molecule has 190 valence electrons. The number of carbonyl (C=O) groups is 1. The first-order valence-corrected chi connectivity index (χ1v) is 11.8. The summed E-state index contributed by atoms with van der Waals surface area (Å²) in [5.74, 6) is -0.244. The Labute approximate surface area is 198 Å². The number of esters is 1. The van der Waals surface area contributed by atoms with Gasteiger partial charge < -0.3 is 35.5 Å². The summed E-state index contributed by atoms with van der Waals surface area (Å²) >= 11 is 0. The van der Waals surface area contributed by atoms with Crippen molar-refractivity contribution in [3.63, 3.8) is 0 Å². The maximum atomic E-state index is 11.7. The molecule has 0 fully saturated rings. The van der Waals surface area contributed by atoms with E-state index in [0.717, 1.165) is 71.0 Å². The third kappa shape index (κ3) is 20.7. The monoisotopic (exact) mass is 468 g/mol. The minimum Gasteiger partial charge on any atom is -0.461 e. The third-order valence-corrected chi connectivity index (χ3v) is 4.54. The first kappa shape index (κ1) is 29.4. The minimum absolute atomic E-state index is 0.244. The van der Waals surface area contributed by atoms with Crippen LogP contribution in [-0.2, 0) is 25.6 Å². The third-order valence-electron chi connectivity index (χ3n) is 4.54. The van der Waals surface area contributed by atoms with Crippen LogP contribution in [0, 0.1) is 0 Å². The fourth-order valence-electron chi connectivity index (χ4n) is 2.74. The van der Waals surface area contributed by atoms with Gasteiger partial charge in [-0.05, 0) is 5.56 Å². The summed E-state index contributed by atoms with van der Waals surface area (Å²) in [6.07, 6.45) is 0.260. The van der Waals surface area contributed by atoms with E-state index < -0.39 is 0 Å². The van der Waals surface area contributed by atoms with E-state index in [1.807, 2.05) is 30.3 Å². The molecule has 0 atom stereocenters. The van der Waals surface area contributed by atoms with Crippen LogP contribution >= 0.6 is 0 Å². The molecule has 10 nitrogen and oxygen atoms in total. The van der Waals surface area contributed by atoms with Gasteiger partial charge in [0.05, 0.1) is 26.5 Å². The number of nitrogens with one attached hydrogen (secondary N) is 6. The van der Waals surface area contributed by atoms with E-state index in [2.05, 4.69) is 31.9 Å². The summed E-state index contributed by atoms with van der Waals surface area (Å²) in [7, 11) is 1.68. The average Bonchev–Trinajstić information content (AvgIpc) is 2.84. The van der Waals surface area contributed by atoms with Gasteiger partial charge in [-0.25, -0.2) is 0 Å². The summed E-state index contributed by atoms with van der Waals surface area (Å²) in [6.45, 7) is 10.9. The topological polar surface area (TPSA) is 117 Å². The van der Waals surface area contributed by atoms with Crippen LogP contribution in [-0.4, -0.2) is 98.6 Å². The Balaban J connectivity index is 1.70. The van der Waals surface area contributed by atoms with Crippen LogP contribution < -0.4 is 31.9 Å². The normalized spacial score (nSPS) is 11.1. The molecule has 0 aliphatic carbocycles. The first-order valence-electron chi connectivity index (χ1n) is 11.8. The van der Waals surface area contributed by atoms with Crippen molar-refractivity contribution in [2.45, 2.75) is 13.0 Å². The first-order chi connectivity index (χ1) is 16.3. The highest BCUT2D eigenvalue weighted by atomic mass is 16.5. The van der Waals surface area contributed by atoms with Crippen molar-refractivity contribution in [2.75, 3.05) is 92.6 Å². The molecule has 10 heteroatoms. The Morgan fingerprint density at radius 1 is 0.697 bits per heavy atom. The Morgan fingerprint density at radius 2 is 1.18 bits per heavy atom. The summed E-state index contributed by atoms with van der Waals surface area (Å²) in [4.78, 5) is 11.7. The molecular weight excluding hydrogens is 424 g/mol. The van der Waals surface area contributed by atoms with Gasteiger partial charge in [0.15, 0.2) is 0 Å². The fraction of sp³-hybridized carbons (Fsp3) is 0.696. The Hall–Kier alpha value is -1.63. The Morgan fingerprint density at radius 3 is 1.70 bits per heavy atom. The van der Waals surface area contributed by atoms with E-state index in [1.165, 1.54) is 0 Å². The Bertz CT molecular complexity index is 553. The lowest BCUT2D eigenvalue weighted by molar-refractivity contribution is -0.146. The highest BCUT2D eigenvalue weighted by Crippen LogP contribution is 2.01. The van der Waals surface area contributed by atoms with Gasteiger partial charge in [0.2, 0.25) is 0 Å². The molecule has 33 heavy (non-hydrogen) atoms. The maximum absolute atomic E-state index is 11.7. The van der Waals surface area contributed by atoms with Crippen molar-refractivity contribution in [3.8, 4) is 0 Å². The van der Waals surface area contributed by atoms with Crippen LogP contribution in [0.15, 0.2) is 30.3 Å². The zero-order valence-corrected chi connectivity index (χ0v) is 20.1. The van der Waals surface area contributed by atoms with Gasteiger partial charge in [0.1, 0.15) is 6.61 Å². The van der Waals surface area contributed by atoms with Crippen molar-refractivity contribution < 1.29 is 19.0 Å². The SMILES string of the molecule is COCNCCNCCNCCNCCNCCNCOCCC(=O)OCc1ccccc1. The van der Waals surface area contributed by atoms with Crippen molar-refractivity contribution in [3.05, 3.63) is 35.9 Å². The molecule has 1 rings (SSSR count). The predicted octanol–water partition coefficient (Wildman–Crippen LogP) is -0.764. The number of rotatable bonds is 24. The largest absolute Gasteiger partial charge is 0.461 e. The van der Waals surface area contributed by atoms with Gasteiger partial charge in [-0.15, -0.1) is 0 Å². The number of hydrogen-bond acceptors (Lipinski definition) is 10. The van der Waals surface area contributed by atoms with Crippen LogP contribution in [0.5, 0.6) is 0 Å². The van der Waals surface area contributed by atoms with Crippen LogP contribution in [0.3, 0.4) is 0 Å². The van der Waals surface area contributed by atoms with E-state index in [4.69, 9.17) is 14.2 Å². The van der Waals surface area contributed by atoms with E-state index in [9.17, 15) is 4.79 Å². The lowest BCUT2D eigenvalue weighted by atomic mass is 10.2. The van der Waals surface area contributed by atoms with Crippen molar-refractivity contribution in [1.82, 2.24) is 31.9 Å². The zero-order valence-electron chi connectivity index (χ0n) is 20.1. The molecular formula is C23H44N6O4. The average molecular weight is 469 g/mol. The number of benzene rings is 1. The predicted molar refractivity (Wildman–Crippen MR) is 131 cm³/mol. The zero-order chi connectivity index (χ0) is 23.7. The fourth-order valence-corrected chi connectivity index (χ4v) is 2.74. The molecule has 0 saturated heterocycles. The van der Waals surface area contributed by atoms with Crippen molar-refractivity contribution in [1.29, 1.82) is 0 Å². The number of hydrogen-bond donors (Lipinski definition) is 6. The lowest BCUT2D eigenvalue weighted by Gasteiger charge is -2.09. The van der Waals surface area contributed by atoms with Crippen molar-refractivity contribution in [2.24, 2.45) is 0 Å². The molecule has 1 aromatic carbocycles. The number of ether oxygens (including phenoxy) is 3. The maximum Gasteiger partial charge on any atom is 0.308 e. The second-order valence-electron chi connectivity index (χ2n) is 7.38. The molecule has 0 unspecified atom stereocenters. The van der Waals surface area contributed by atoms with Gasteiger partial charge in [0.25, 0.3) is 0 Å². The smallest absolute Gasteiger partial charge is 0.308 e. The highest BCUT2D eigenvalue weighted by Gasteiger charge is 2.03. The van der Waals surface area contributed by atoms with Crippen LogP contribution in [0.2, 0.25) is 0 Å². The summed E-state index contributed by atoms with van der Waals surface area (Å²) in [5, 5.41) is 19.9. The molecule has 0 saturated carbocycles. The quantitative estimate of drug-likeness (QED) is 0.0657. The molecule has 1 aromatic rings. The molecule has 0 aliphatic rings. The Kier molecular flexibility index (Phi) is 21.0. The molecule has 0 amide bonds. The molecule has 0 bridgehead atoms. The van der Waals surface area contributed by atoms with Crippen LogP contribution in [0.1, 0.15) is 12.0 Å². The second-order valence-corrected chi connectivity index (χ2v) is 7.38. The van der Waals surface area contributed by atoms with Gasteiger partial charge in [-0.3, -0.25) is 15.4 Å². The van der Waals surface area contributed by atoms with E-state index in [1.54, 1.807) is 7.11 Å². The van der Waals surface area contributed by atoms with Crippen LogP contribution in [0.4, 0.5) is 0 Å². The number of methoxy groups -OCH3 is 1. The summed E-state index contributed by atoms with van der Waals surface area (Å²) in [6, 6.07) is 9.65. The second kappa shape index (κ2) is 23.5. The van der Waals surface area contributed by atoms with Gasteiger partial charge in [0, 0.05) is 72.6 Å². The summed E-state index contributed by atoms with van der Waals surface area (Å²) in [5.41, 5.74) is 0.985. The molecule has 0 radical (unpaired) electrons. The van der Waals surface area contributed by atoms with Gasteiger partial charge >= 0.3 is 5.97 Å². The van der Waals surface area contributed by atoms with E-state index in [-0.39, 0.29) is 12.4 Å². The number of carbonyl (C=O) groups excluding carboxylic acids is 1. The van der Waals surface area contributed by atoms with E-state index in [0.29, 0.717) is 26.7 Å². The minimum atomic E-state index is -0.244. The summed E-state index contributed by atoms with van der Waals surface area (Å²) < 4.78 is 15.5. The lowest BCUT2D eigenvalue weighted by Crippen LogP contribution is -2.37. The van der Waals surface area contributed by atoms with Gasteiger partial charge in [-0.1, -0.05) is 30.3 Å². The molecule has 0 aliphatic heterocycles. The molecule has 0 spiro atoms.